The normalized spacial score (nSPS) is 13.2. The Labute approximate surface area is 168 Å². The molecule has 1 fully saturated rings. The van der Waals surface area contributed by atoms with Crippen molar-refractivity contribution in [2.75, 3.05) is 19.6 Å². The second kappa shape index (κ2) is 7.86. The summed E-state index contributed by atoms with van der Waals surface area (Å²) in [6.07, 6.45) is 2.98. The highest BCUT2D eigenvalue weighted by atomic mass is 16.2. The molecule has 1 N–H and O–H groups in total. The van der Waals surface area contributed by atoms with Gasteiger partial charge in [-0.15, -0.1) is 0 Å². The number of hydrogen-bond acceptors (Lipinski definition) is 5. The van der Waals surface area contributed by atoms with E-state index < -0.39 is 0 Å². The number of carbonyl (C=O) groups excluding carboxylic acids is 2. The first kappa shape index (κ1) is 18.9. The first-order valence-electron chi connectivity index (χ1n) is 9.59. The molecule has 2 amide bonds. The highest BCUT2D eigenvalue weighted by Crippen LogP contribution is 2.16. The number of carbonyl (C=O) groups is 2. The Hall–Kier alpha value is -3.49. The van der Waals surface area contributed by atoms with E-state index in [9.17, 15) is 9.59 Å². The number of nitrogens with zero attached hydrogens (tertiary/aromatic N) is 6. The molecule has 4 rings (SSSR count). The van der Waals surface area contributed by atoms with Gasteiger partial charge in [0.1, 0.15) is 11.5 Å². The van der Waals surface area contributed by atoms with Gasteiger partial charge in [-0.05, 0) is 6.42 Å². The van der Waals surface area contributed by atoms with Gasteiger partial charge < -0.3 is 10.2 Å². The SMILES string of the molecule is Cn1nc(-c2ccccc2)nc1CCNC(=O)c1c(C(=O)N2CCC2)cnn1C. The summed E-state index contributed by atoms with van der Waals surface area (Å²) in [5.74, 6) is 0.962. The molecule has 3 heterocycles. The van der Waals surface area contributed by atoms with E-state index in [1.165, 1.54) is 10.9 Å². The number of rotatable bonds is 6. The quantitative estimate of drug-likeness (QED) is 0.675. The average molecular weight is 393 g/mol. The van der Waals surface area contributed by atoms with E-state index in [1.54, 1.807) is 16.6 Å². The van der Waals surface area contributed by atoms with Crippen LogP contribution < -0.4 is 5.32 Å². The number of aryl methyl sites for hydroxylation is 2. The molecule has 150 valence electrons. The molecule has 2 aromatic heterocycles. The number of aromatic nitrogens is 5. The minimum atomic E-state index is -0.320. The van der Waals surface area contributed by atoms with Crippen LogP contribution in [0.4, 0.5) is 0 Å². The van der Waals surface area contributed by atoms with Gasteiger partial charge in [-0.2, -0.15) is 10.2 Å². The lowest BCUT2D eigenvalue weighted by Gasteiger charge is -2.30. The van der Waals surface area contributed by atoms with Crippen molar-refractivity contribution < 1.29 is 9.59 Å². The third-order valence-electron chi connectivity index (χ3n) is 5.05. The van der Waals surface area contributed by atoms with Crippen molar-refractivity contribution in [3.8, 4) is 11.4 Å². The van der Waals surface area contributed by atoms with Crippen LogP contribution in [0, 0.1) is 0 Å². The van der Waals surface area contributed by atoms with Crippen LogP contribution in [0.1, 0.15) is 33.1 Å². The van der Waals surface area contributed by atoms with Crippen LogP contribution in [-0.4, -0.2) is 60.9 Å². The largest absolute Gasteiger partial charge is 0.350 e. The van der Waals surface area contributed by atoms with Gasteiger partial charge in [0.15, 0.2) is 5.82 Å². The Kier molecular flexibility index (Phi) is 5.11. The molecule has 0 saturated carbocycles. The van der Waals surface area contributed by atoms with Crippen molar-refractivity contribution in [1.29, 1.82) is 0 Å². The second-order valence-corrected chi connectivity index (χ2v) is 7.02. The van der Waals surface area contributed by atoms with Gasteiger partial charge in [0.05, 0.1) is 11.8 Å². The Morgan fingerprint density at radius 2 is 1.86 bits per heavy atom. The van der Waals surface area contributed by atoms with Crippen molar-refractivity contribution in [2.45, 2.75) is 12.8 Å². The fourth-order valence-corrected chi connectivity index (χ4v) is 3.27. The lowest BCUT2D eigenvalue weighted by atomic mass is 10.1. The summed E-state index contributed by atoms with van der Waals surface area (Å²) < 4.78 is 3.16. The van der Waals surface area contributed by atoms with Crippen LogP contribution >= 0.6 is 0 Å². The predicted octanol–water partition coefficient (Wildman–Crippen LogP) is 1.03. The van der Waals surface area contributed by atoms with Crippen molar-refractivity contribution in [3.05, 3.63) is 53.6 Å². The Morgan fingerprint density at radius 1 is 1.10 bits per heavy atom. The maximum Gasteiger partial charge on any atom is 0.270 e. The minimum absolute atomic E-state index is 0.143. The smallest absolute Gasteiger partial charge is 0.270 e. The molecule has 29 heavy (non-hydrogen) atoms. The highest BCUT2D eigenvalue weighted by Gasteiger charge is 2.28. The van der Waals surface area contributed by atoms with Crippen LogP contribution in [0.25, 0.3) is 11.4 Å². The highest BCUT2D eigenvalue weighted by molar-refractivity contribution is 6.06. The third kappa shape index (κ3) is 3.75. The summed E-state index contributed by atoms with van der Waals surface area (Å²) in [6.45, 7) is 1.83. The monoisotopic (exact) mass is 393 g/mol. The molecule has 0 atom stereocenters. The van der Waals surface area contributed by atoms with Crippen LogP contribution in [0.5, 0.6) is 0 Å². The van der Waals surface area contributed by atoms with Crippen LogP contribution in [0.2, 0.25) is 0 Å². The van der Waals surface area contributed by atoms with Crippen molar-refractivity contribution in [1.82, 2.24) is 34.8 Å². The molecule has 0 bridgehead atoms. The van der Waals surface area contributed by atoms with E-state index in [0.29, 0.717) is 24.4 Å². The number of hydrogen-bond donors (Lipinski definition) is 1. The predicted molar refractivity (Wildman–Crippen MR) is 106 cm³/mol. The molecule has 9 heteroatoms. The van der Waals surface area contributed by atoms with E-state index >= 15 is 0 Å². The second-order valence-electron chi connectivity index (χ2n) is 7.02. The van der Waals surface area contributed by atoms with Gasteiger partial charge in [-0.1, -0.05) is 30.3 Å². The van der Waals surface area contributed by atoms with E-state index in [4.69, 9.17) is 0 Å². The molecule has 0 spiro atoms. The van der Waals surface area contributed by atoms with Gasteiger partial charge in [0.25, 0.3) is 11.8 Å². The van der Waals surface area contributed by atoms with Crippen molar-refractivity contribution >= 4 is 11.8 Å². The van der Waals surface area contributed by atoms with Crippen LogP contribution in [0.15, 0.2) is 36.5 Å². The summed E-state index contributed by atoms with van der Waals surface area (Å²) >= 11 is 0. The van der Waals surface area contributed by atoms with Crippen molar-refractivity contribution in [3.63, 3.8) is 0 Å². The van der Waals surface area contributed by atoms with Gasteiger partial charge >= 0.3 is 0 Å². The first-order chi connectivity index (χ1) is 14.0. The van der Waals surface area contributed by atoms with Crippen LogP contribution in [0.3, 0.4) is 0 Å². The van der Waals surface area contributed by atoms with Gasteiger partial charge in [0, 0.05) is 45.7 Å². The zero-order valence-corrected chi connectivity index (χ0v) is 16.5. The zero-order chi connectivity index (χ0) is 20.4. The summed E-state index contributed by atoms with van der Waals surface area (Å²) in [4.78, 5) is 31.5. The molecule has 1 aromatic carbocycles. The first-order valence-corrected chi connectivity index (χ1v) is 9.59. The summed E-state index contributed by atoms with van der Waals surface area (Å²) in [6, 6.07) is 9.75. The molecular formula is C20H23N7O2. The number of likely N-dealkylation sites (tertiary alicyclic amines) is 1. The summed E-state index contributed by atoms with van der Waals surface area (Å²) in [7, 11) is 3.50. The Balaban J connectivity index is 1.41. The fourth-order valence-electron chi connectivity index (χ4n) is 3.27. The Morgan fingerprint density at radius 3 is 2.55 bits per heavy atom. The standard InChI is InChI=1S/C20H23N7O2/c1-25-16(23-18(24-25)14-7-4-3-5-8-14)9-10-21-19(28)17-15(13-22-26(17)2)20(29)27-11-6-12-27/h3-5,7-8,13H,6,9-12H2,1-2H3,(H,21,28). The maximum absolute atomic E-state index is 12.7. The van der Waals surface area contributed by atoms with Gasteiger partial charge in [-0.25, -0.2) is 4.98 Å². The van der Waals surface area contributed by atoms with E-state index in [-0.39, 0.29) is 17.5 Å². The third-order valence-corrected chi connectivity index (χ3v) is 5.05. The van der Waals surface area contributed by atoms with Gasteiger partial charge in [-0.3, -0.25) is 19.0 Å². The molecule has 0 radical (unpaired) electrons. The summed E-state index contributed by atoms with van der Waals surface area (Å²) in [5, 5.41) is 11.4. The fraction of sp³-hybridized carbons (Fsp3) is 0.350. The molecule has 1 saturated heterocycles. The molecule has 9 nitrogen and oxygen atoms in total. The topological polar surface area (TPSA) is 97.9 Å². The van der Waals surface area contributed by atoms with E-state index in [1.807, 2.05) is 37.4 Å². The molecule has 0 aliphatic carbocycles. The molecule has 0 unspecified atom stereocenters. The molecule has 3 aromatic rings. The van der Waals surface area contributed by atoms with Gasteiger partial charge in [0.2, 0.25) is 0 Å². The zero-order valence-electron chi connectivity index (χ0n) is 16.5. The van der Waals surface area contributed by atoms with E-state index in [0.717, 1.165) is 30.9 Å². The minimum Gasteiger partial charge on any atom is -0.350 e. The van der Waals surface area contributed by atoms with E-state index in [2.05, 4.69) is 20.5 Å². The van der Waals surface area contributed by atoms with Crippen molar-refractivity contribution in [2.24, 2.45) is 14.1 Å². The molecular weight excluding hydrogens is 370 g/mol. The lowest BCUT2D eigenvalue weighted by molar-refractivity contribution is 0.0647. The number of nitrogens with one attached hydrogen (secondary N) is 1. The Bertz CT molecular complexity index is 1030. The lowest BCUT2D eigenvalue weighted by Crippen LogP contribution is -2.43. The number of benzene rings is 1. The summed E-state index contributed by atoms with van der Waals surface area (Å²) in [5.41, 5.74) is 1.57. The molecule has 1 aliphatic rings. The molecule has 1 aliphatic heterocycles. The maximum atomic E-state index is 12.7. The van der Waals surface area contributed by atoms with Crippen LogP contribution in [-0.2, 0) is 20.5 Å². The number of amides is 2. The average Bonchev–Trinajstić information content (AvgIpc) is 3.24.